The molecule has 0 saturated heterocycles. The molecule has 2 N–H and O–H groups in total. The van der Waals surface area contributed by atoms with Gasteiger partial charge in [0.1, 0.15) is 5.69 Å². The maximum Gasteiger partial charge on any atom is 0.278 e. The molecule has 9 heteroatoms. The zero-order valence-electron chi connectivity index (χ0n) is 12.9. The zero-order valence-corrected chi connectivity index (χ0v) is 12.9. The van der Waals surface area contributed by atoms with Gasteiger partial charge in [-0.1, -0.05) is 32.9 Å². The second-order valence-electron chi connectivity index (χ2n) is 5.79. The number of anilines is 1. The number of hydrazone groups is 1. The van der Waals surface area contributed by atoms with Crippen LogP contribution in [-0.2, 0) is 5.41 Å². The van der Waals surface area contributed by atoms with Gasteiger partial charge in [0.15, 0.2) is 0 Å². The zero-order chi connectivity index (χ0) is 17.0. The number of aromatic nitrogens is 3. The molecule has 9 nitrogen and oxygen atoms in total. The van der Waals surface area contributed by atoms with Crippen LogP contribution in [0.3, 0.4) is 0 Å². The van der Waals surface area contributed by atoms with Crippen LogP contribution in [0.1, 0.15) is 32.0 Å². The van der Waals surface area contributed by atoms with Crippen LogP contribution in [0.5, 0.6) is 0 Å². The van der Waals surface area contributed by atoms with Gasteiger partial charge in [0.05, 0.1) is 16.7 Å². The Kier molecular flexibility index (Phi) is 4.49. The SMILES string of the molecule is CC(C)(C)c1nnc(NN=Cc2ccccc2[N+](=O)[O-])[nH]c1=O. The third-order valence-electron chi connectivity index (χ3n) is 2.91. The molecule has 1 aromatic heterocycles. The standard InChI is InChI=1S/C14H16N6O3/c1-14(2,3)11-12(21)16-13(19-17-11)18-15-8-9-6-4-5-7-10(9)20(22)23/h4-8H,1-3H3,(H2,16,18,19,21). The summed E-state index contributed by atoms with van der Waals surface area (Å²) in [7, 11) is 0. The molecule has 1 aromatic carbocycles. The summed E-state index contributed by atoms with van der Waals surface area (Å²) in [4.78, 5) is 24.8. The van der Waals surface area contributed by atoms with Gasteiger partial charge >= 0.3 is 0 Å². The summed E-state index contributed by atoms with van der Waals surface area (Å²) >= 11 is 0. The molecular formula is C14H16N6O3. The summed E-state index contributed by atoms with van der Waals surface area (Å²) in [6.45, 7) is 5.56. The lowest BCUT2D eigenvalue weighted by Gasteiger charge is -2.15. The van der Waals surface area contributed by atoms with E-state index in [0.717, 1.165) is 0 Å². The predicted molar refractivity (Wildman–Crippen MR) is 85.7 cm³/mol. The van der Waals surface area contributed by atoms with Gasteiger partial charge < -0.3 is 0 Å². The summed E-state index contributed by atoms with van der Waals surface area (Å²) < 4.78 is 0. The minimum absolute atomic E-state index is 0.0536. The Morgan fingerprint density at radius 2 is 2.00 bits per heavy atom. The van der Waals surface area contributed by atoms with Crippen LogP contribution in [0, 0.1) is 10.1 Å². The summed E-state index contributed by atoms with van der Waals surface area (Å²) in [6.07, 6.45) is 1.27. The Morgan fingerprint density at radius 3 is 2.61 bits per heavy atom. The highest BCUT2D eigenvalue weighted by Crippen LogP contribution is 2.16. The summed E-state index contributed by atoms with van der Waals surface area (Å²) in [5.74, 6) is 0.0536. The lowest BCUT2D eigenvalue weighted by Crippen LogP contribution is -2.28. The van der Waals surface area contributed by atoms with Crippen molar-refractivity contribution in [3.05, 3.63) is 56.0 Å². The van der Waals surface area contributed by atoms with Crippen LogP contribution < -0.4 is 11.0 Å². The Labute approximate surface area is 131 Å². The molecule has 0 saturated carbocycles. The second-order valence-corrected chi connectivity index (χ2v) is 5.79. The third kappa shape index (κ3) is 3.96. The lowest BCUT2D eigenvalue weighted by atomic mass is 9.93. The van der Waals surface area contributed by atoms with E-state index in [9.17, 15) is 14.9 Å². The smallest absolute Gasteiger partial charge is 0.278 e. The summed E-state index contributed by atoms with van der Waals surface area (Å²) in [5.41, 5.74) is 2.28. The van der Waals surface area contributed by atoms with Crippen molar-refractivity contribution in [2.75, 3.05) is 5.43 Å². The number of para-hydroxylation sites is 1. The molecule has 0 radical (unpaired) electrons. The molecule has 2 rings (SSSR count). The van der Waals surface area contributed by atoms with Gasteiger partial charge in [-0.2, -0.15) is 5.10 Å². The highest BCUT2D eigenvalue weighted by molar-refractivity contribution is 5.85. The number of nitro benzene ring substituents is 1. The highest BCUT2D eigenvalue weighted by atomic mass is 16.6. The van der Waals surface area contributed by atoms with Gasteiger partial charge in [-0.25, -0.2) is 5.43 Å². The van der Waals surface area contributed by atoms with E-state index in [1.165, 1.54) is 12.3 Å². The van der Waals surface area contributed by atoms with Crippen LogP contribution in [0.2, 0.25) is 0 Å². The lowest BCUT2D eigenvalue weighted by molar-refractivity contribution is -0.385. The summed E-state index contributed by atoms with van der Waals surface area (Å²) in [5, 5.41) is 22.4. The van der Waals surface area contributed by atoms with Crippen molar-refractivity contribution >= 4 is 17.9 Å². The Balaban J connectivity index is 2.17. The normalized spacial score (nSPS) is 11.6. The van der Waals surface area contributed by atoms with Crippen molar-refractivity contribution in [3.63, 3.8) is 0 Å². The molecule has 0 aliphatic heterocycles. The van der Waals surface area contributed by atoms with Crippen molar-refractivity contribution < 1.29 is 4.92 Å². The van der Waals surface area contributed by atoms with Crippen molar-refractivity contribution in [3.8, 4) is 0 Å². The molecule has 0 aliphatic rings. The fourth-order valence-corrected chi connectivity index (χ4v) is 1.80. The predicted octanol–water partition coefficient (Wildman–Crippen LogP) is 1.82. The molecule has 0 spiro atoms. The fourth-order valence-electron chi connectivity index (χ4n) is 1.80. The number of nitrogens with zero attached hydrogens (tertiary/aromatic N) is 4. The van der Waals surface area contributed by atoms with Gasteiger partial charge in [-0.05, 0) is 6.07 Å². The summed E-state index contributed by atoms with van der Waals surface area (Å²) in [6, 6.07) is 6.16. The average Bonchev–Trinajstić information content (AvgIpc) is 2.46. The quantitative estimate of drug-likeness (QED) is 0.503. The van der Waals surface area contributed by atoms with Crippen molar-refractivity contribution in [1.82, 2.24) is 15.2 Å². The highest BCUT2D eigenvalue weighted by Gasteiger charge is 2.20. The van der Waals surface area contributed by atoms with Gasteiger partial charge in [0.25, 0.3) is 11.2 Å². The number of benzene rings is 1. The number of hydrogen-bond donors (Lipinski definition) is 2. The molecule has 120 valence electrons. The van der Waals surface area contributed by atoms with E-state index in [2.05, 4.69) is 25.7 Å². The first-order valence-electron chi connectivity index (χ1n) is 6.79. The van der Waals surface area contributed by atoms with E-state index in [1.807, 2.05) is 20.8 Å². The maximum atomic E-state index is 11.9. The topological polar surface area (TPSA) is 126 Å². The minimum Gasteiger partial charge on any atom is -0.288 e. The van der Waals surface area contributed by atoms with Crippen molar-refractivity contribution in [1.29, 1.82) is 0 Å². The van der Waals surface area contributed by atoms with Crippen LogP contribution in [-0.4, -0.2) is 26.3 Å². The fraction of sp³-hybridized carbons (Fsp3) is 0.286. The average molecular weight is 316 g/mol. The van der Waals surface area contributed by atoms with Crippen LogP contribution in [0.25, 0.3) is 0 Å². The Morgan fingerprint density at radius 1 is 1.30 bits per heavy atom. The molecule has 0 fully saturated rings. The molecule has 0 bridgehead atoms. The van der Waals surface area contributed by atoms with E-state index in [0.29, 0.717) is 11.3 Å². The van der Waals surface area contributed by atoms with Crippen LogP contribution in [0.4, 0.5) is 11.6 Å². The second kappa shape index (κ2) is 6.34. The van der Waals surface area contributed by atoms with Crippen LogP contribution >= 0.6 is 0 Å². The van der Waals surface area contributed by atoms with E-state index < -0.39 is 10.3 Å². The monoisotopic (exact) mass is 316 g/mol. The van der Waals surface area contributed by atoms with Gasteiger partial charge in [0.2, 0.25) is 5.95 Å². The van der Waals surface area contributed by atoms with Crippen molar-refractivity contribution in [2.24, 2.45) is 5.10 Å². The molecule has 0 amide bonds. The van der Waals surface area contributed by atoms with Gasteiger partial charge in [0, 0.05) is 11.5 Å². The van der Waals surface area contributed by atoms with E-state index in [1.54, 1.807) is 18.2 Å². The number of hydrogen-bond acceptors (Lipinski definition) is 7. The maximum absolute atomic E-state index is 11.9. The first kappa shape index (κ1) is 16.3. The number of nitrogens with one attached hydrogen (secondary N) is 2. The Hall–Kier alpha value is -3.10. The number of aromatic amines is 1. The van der Waals surface area contributed by atoms with E-state index in [4.69, 9.17) is 0 Å². The Bertz CT molecular complexity index is 807. The van der Waals surface area contributed by atoms with E-state index >= 15 is 0 Å². The molecule has 1 heterocycles. The van der Waals surface area contributed by atoms with Gasteiger partial charge in [-0.3, -0.25) is 19.9 Å². The number of nitro groups is 1. The number of H-pyrrole nitrogens is 1. The molecule has 0 unspecified atom stereocenters. The largest absolute Gasteiger partial charge is 0.288 e. The third-order valence-corrected chi connectivity index (χ3v) is 2.91. The van der Waals surface area contributed by atoms with Gasteiger partial charge in [-0.15, -0.1) is 10.2 Å². The molecule has 2 aromatic rings. The first-order chi connectivity index (χ1) is 10.8. The molecule has 23 heavy (non-hydrogen) atoms. The first-order valence-corrected chi connectivity index (χ1v) is 6.79. The van der Waals surface area contributed by atoms with E-state index in [-0.39, 0.29) is 17.2 Å². The molecular weight excluding hydrogens is 300 g/mol. The molecule has 0 aliphatic carbocycles. The van der Waals surface area contributed by atoms with Crippen LogP contribution in [0.15, 0.2) is 34.2 Å². The minimum atomic E-state index is -0.499. The number of rotatable bonds is 4. The van der Waals surface area contributed by atoms with Crippen molar-refractivity contribution in [2.45, 2.75) is 26.2 Å². The molecule has 0 atom stereocenters.